The van der Waals surface area contributed by atoms with E-state index in [1.54, 1.807) is 6.07 Å². The van der Waals surface area contributed by atoms with Crippen LogP contribution in [0.15, 0.2) is 51.8 Å². The highest BCUT2D eigenvalue weighted by molar-refractivity contribution is 9.10. The third-order valence-corrected chi connectivity index (χ3v) is 5.86. The number of halogens is 2. The van der Waals surface area contributed by atoms with Gasteiger partial charge in [0.2, 0.25) is 10.0 Å². The van der Waals surface area contributed by atoms with E-state index in [2.05, 4.69) is 20.7 Å². The first kappa shape index (κ1) is 16.5. The molecule has 0 heterocycles. The van der Waals surface area contributed by atoms with E-state index in [1.165, 1.54) is 12.1 Å². The van der Waals surface area contributed by atoms with Crippen molar-refractivity contribution in [3.05, 3.63) is 63.1 Å². The predicted octanol–water partition coefficient (Wildman–Crippen LogP) is 4.45. The van der Waals surface area contributed by atoms with Gasteiger partial charge in [-0.2, -0.15) is 0 Å². The minimum absolute atomic E-state index is 0.178. The Labute approximate surface area is 138 Å². The summed E-state index contributed by atoms with van der Waals surface area (Å²) < 4.78 is 28.0. The number of nitrogens with one attached hydrogen (secondary N) is 1. The second kappa shape index (κ2) is 6.48. The minimum atomic E-state index is -3.60. The fraction of sp³-hybridized carbons (Fsp3) is 0.200. The molecule has 1 N–H and O–H groups in total. The highest BCUT2D eigenvalue weighted by Crippen LogP contribution is 2.26. The second-order valence-corrected chi connectivity index (χ2v) is 7.81. The molecule has 21 heavy (non-hydrogen) atoms. The van der Waals surface area contributed by atoms with Gasteiger partial charge in [0.05, 0.1) is 9.92 Å². The van der Waals surface area contributed by atoms with Gasteiger partial charge in [0.25, 0.3) is 0 Å². The van der Waals surface area contributed by atoms with Crippen molar-refractivity contribution in [2.24, 2.45) is 0 Å². The van der Waals surface area contributed by atoms with Crippen molar-refractivity contribution in [2.75, 3.05) is 0 Å². The van der Waals surface area contributed by atoms with Gasteiger partial charge in [-0.25, -0.2) is 13.1 Å². The molecule has 0 aliphatic carbocycles. The Bertz CT molecular complexity index is 745. The lowest BCUT2D eigenvalue weighted by molar-refractivity contribution is 0.567. The summed E-state index contributed by atoms with van der Waals surface area (Å²) in [5.74, 6) is 0. The van der Waals surface area contributed by atoms with Crippen molar-refractivity contribution in [1.82, 2.24) is 4.72 Å². The van der Waals surface area contributed by atoms with Gasteiger partial charge in [0.1, 0.15) is 0 Å². The van der Waals surface area contributed by atoms with Crippen molar-refractivity contribution < 1.29 is 8.42 Å². The van der Waals surface area contributed by atoms with E-state index < -0.39 is 10.0 Å². The molecule has 112 valence electrons. The smallest absolute Gasteiger partial charge is 0.207 e. The zero-order valence-electron chi connectivity index (χ0n) is 11.6. The van der Waals surface area contributed by atoms with Crippen LogP contribution in [0.2, 0.25) is 5.02 Å². The Hall–Kier alpha value is -0.880. The van der Waals surface area contributed by atoms with Crippen LogP contribution in [0, 0.1) is 6.92 Å². The summed E-state index contributed by atoms with van der Waals surface area (Å²) in [7, 11) is -3.60. The second-order valence-electron chi connectivity index (χ2n) is 4.83. The Morgan fingerprint density at radius 1 is 1.14 bits per heavy atom. The number of benzene rings is 2. The molecule has 6 heteroatoms. The van der Waals surface area contributed by atoms with Crippen LogP contribution in [-0.2, 0) is 10.0 Å². The van der Waals surface area contributed by atoms with Crippen LogP contribution < -0.4 is 4.72 Å². The maximum absolute atomic E-state index is 12.4. The van der Waals surface area contributed by atoms with E-state index in [0.717, 1.165) is 11.1 Å². The monoisotopic (exact) mass is 387 g/mol. The molecule has 2 rings (SSSR count). The predicted molar refractivity (Wildman–Crippen MR) is 89.1 cm³/mol. The summed E-state index contributed by atoms with van der Waals surface area (Å²) in [4.78, 5) is 0.178. The average Bonchev–Trinajstić information content (AvgIpc) is 2.42. The Morgan fingerprint density at radius 2 is 1.76 bits per heavy atom. The normalized spacial score (nSPS) is 13.1. The van der Waals surface area contributed by atoms with Gasteiger partial charge >= 0.3 is 0 Å². The van der Waals surface area contributed by atoms with E-state index in [1.807, 2.05) is 38.1 Å². The molecule has 0 radical (unpaired) electrons. The highest BCUT2D eigenvalue weighted by Gasteiger charge is 2.19. The summed E-state index contributed by atoms with van der Waals surface area (Å²) in [6, 6.07) is 12.0. The van der Waals surface area contributed by atoms with Crippen LogP contribution in [-0.4, -0.2) is 8.42 Å². The zero-order valence-corrected chi connectivity index (χ0v) is 14.8. The quantitative estimate of drug-likeness (QED) is 0.841. The van der Waals surface area contributed by atoms with Crippen molar-refractivity contribution >= 4 is 37.6 Å². The Kier molecular flexibility index (Phi) is 5.09. The molecular formula is C15H15BrClNO2S. The van der Waals surface area contributed by atoms with Gasteiger partial charge in [0, 0.05) is 10.5 Å². The molecule has 0 aliphatic heterocycles. The molecule has 0 bridgehead atoms. The first-order chi connectivity index (χ1) is 9.79. The van der Waals surface area contributed by atoms with Gasteiger partial charge in [0.15, 0.2) is 0 Å². The maximum Gasteiger partial charge on any atom is 0.241 e. The lowest BCUT2D eigenvalue weighted by atomic mass is 10.1. The molecule has 1 atom stereocenters. The number of aryl methyl sites for hydroxylation is 1. The summed E-state index contributed by atoms with van der Waals surface area (Å²) in [5.41, 5.74) is 2.05. The minimum Gasteiger partial charge on any atom is -0.207 e. The molecule has 2 aromatic carbocycles. The molecule has 0 saturated heterocycles. The van der Waals surface area contributed by atoms with E-state index in [-0.39, 0.29) is 10.9 Å². The van der Waals surface area contributed by atoms with E-state index in [9.17, 15) is 8.42 Å². The Morgan fingerprint density at radius 3 is 2.33 bits per heavy atom. The molecule has 0 fully saturated rings. The summed E-state index contributed by atoms with van der Waals surface area (Å²) in [5, 5.41) is 0.473. The van der Waals surface area contributed by atoms with Crippen molar-refractivity contribution in [2.45, 2.75) is 24.8 Å². The highest BCUT2D eigenvalue weighted by atomic mass is 79.9. The maximum atomic E-state index is 12.4. The van der Waals surface area contributed by atoms with Gasteiger partial charge in [-0.3, -0.25) is 0 Å². The van der Waals surface area contributed by atoms with Crippen LogP contribution >= 0.6 is 27.5 Å². The van der Waals surface area contributed by atoms with E-state index >= 15 is 0 Å². The van der Waals surface area contributed by atoms with Gasteiger partial charge in [-0.1, -0.05) is 41.4 Å². The van der Waals surface area contributed by atoms with E-state index in [0.29, 0.717) is 9.50 Å². The fourth-order valence-electron chi connectivity index (χ4n) is 1.87. The summed E-state index contributed by atoms with van der Waals surface area (Å²) >= 11 is 9.12. The first-order valence-corrected chi connectivity index (χ1v) is 8.99. The van der Waals surface area contributed by atoms with Crippen molar-refractivity contribution in [3.8, 4) is 0 Å². The standard InChI is InChI=1S/C15H15BrClNO2S/c1-10-3-5-12(6-4-10)11(2)18-21(19,20)13-7-8-15(17)14(16)9-13/h3-9,11,18H,1-2H3. The Balaban J connectivity index is 2.24. The lowest BCUT2D eigenvalue weighted by Crippen LogP contribution is -2.26. The molecule has 1 unspecified atom stereocenters. The van der Waals surface area contributed by atoms with Crippen LogP contribution in [0.4, 0.5) is 0 Å². The number of sulfonamides is 1. The molecule has 0 saturated carbocycles. The lowest BCUT2D eigenvalue weighted by Gasteiger charge is -2.15. The number of hydrogen-bond donors (Lipinski definition) is 1. The molecule has 0 spiro atoms. The molecule has 2 aromatic rings. The number of rotatable bonds is 4. The van der Waals surface area contributed by atoms with E-state index in [4.69, 9.17) is 11.6 Å². The summed E-state index contributed by atoms with van der Waals surface area (Å²) in [6.45, 7) is 3.80. The van der Waals surface area contributed by atoms with Crippen molar-refractivity contribution in [3.63, 3.8) is 0 Å². The summed E-state index contributed by atoms with van der Waals surface area (Å²) in [6.07, 6.45) is 0. The number of hydrogen-bond acceptors (Lipinski definition) is 2. The van der Waals surface area contributed by atoms with Crippen molar-refractivity contribution in [1.29, 1.82) is 0 Å². The van der Waals surface area contributed by atoms with Crippen LogP contribution in [0.25, 0.3) is 0 Å². The molecular weight excluding hydrogens is 374 g/mol. The third kappa shape index (κ3) is 4.07. The third-order valence-electron chi connectivity index (χ3n) is 3.11. The van der Waals surface area contributed by atoms with Crippen LogP contribution in [0.3, 0.4) is 0 Å². The van der Waals surface area contributed by atoms with Gasteiger partial charge in [-0.05, 0) is 53.5 Å². The zero-order chi connectivity index (χ0) is 15.6. The topological polar surface area (TPSA) is 46.2 Å². The molecule has 0 aromatic heterocycles. The van der Waals surface area contributed by atoms with Crippen LogP contribution in [0.1, 0.15) is 24.1 Å². The fourth-order valence-corrected chi connectivity index (χ4v) is 3.77. The molecule has 0 amide bonds. The van der Waals surface area contributed by atoms with Gasteiger partial charge in [-0.15, -0.1) is 0 Å². The average molecular weight is 389 g/mol. The van der Waals surface area contributed by atoms with Gasteiger partial charge < -0.3 is 0 Å². The largest absolute Gasteiger partial charge is 0.241 e. The van der Waals surface area contributed by atoms with Crippen LogP contribution in [0.5, 0.6) is 0 Å². The SMILES string of the molecule is Cc1ccc(C(C)NS(=O)(=O)c2ccc(Cl)c(Br)c2)cc1. The molecule has 3 nitrogen and oxygen atoms in total. The first-order valence-electron chi connectivity index (χ1n) is 6.33. The molecule has 0 aliphatic rings.